The fraction of sp³-hybridized carbons (Fsp3) is 0.263. The van der Waals surface area contributed by atoms with Gasteiger partial charge in [0.15, 0.2) is 15.0 Å². The van der Waals surface area contributed by atoms with Gasteiger partial charge >= 0.3 is 0 Å². The maximum absolute atomic E-state index is 13.0. The Morgan fingerprint density at radius 1 is 1.15 bits per heavy atom. The van der Waals surface area contributed by atoms with Crippen molar-refractivity contribution < 1.29 is 13.2 Å². The van der Waals surface area contributed by atoms with Crippen molar-refractivity contribution in [2.45, 2.75) is 23.5 Å². The molecule has 1 aliphatic rings. The number of carbonyl (C=O) groups excluding carboxylic acids is 1. The molecule has 6 nitrogen and oxygen atoms in total. The van der Waals surface area contributed by atoms with Crippen LogP contribution < -0.4 is 0 Å². The third kappa shape index (κ3) is 3.30. The van der Waals surface area contributed by atoms with Gasteiger partial charge in [-0.3, -0.25) is 4.79 Å². The predicted molar refractivity (Wildman–Crippen MR) is 104 cm³/mol. The Kier molecular flexibility index (Phi) is 4.61. The van der Waals surface area contributed by atoms with Crippen LogP contribution in [0.1, 0.15) is 21.8 Å². The smallest absolute Gasteiger partial charge is 0.265 e. The number of carbonyl (C=O) groups is 1. The van der Waals surface area contributed by atoms with Crippen LogP contribution in [0.2, 0.25) is 0 Å². The summed E-state index contributed by atoms with van der Waals surface area (Å²) in [4.78, 5) is 19.9. The van der Waals surface area contributed by atoms with E-state index in [0.29, 0.717) is 28.4 Å². The first kappa shape index (κ1) is 17.9. The van der Waals surface area contributed by atoms with Gasteiger partial charge in [0.2, 0.25) is 0 Å². The minimum atomic E-state index is -3.44. The van der Waals surface area contributed by atoms with Crippen molar-refractivity contribution in [3.63, 3.8) is 0 Å². The SMILES string of the molecule is Cc1nc(-n2cccc2)sc1C(=O)N1CCC(S(=O)(=O)c2ccccc2)C1. The molecule has 1 fully saturated rings. The van der Waals surface area contributed by atoms with E-state index in [1.165, 1.54) is 11.3 Å². The second kappa shape index (κ2) is 6.94. The standard InChI is InChI=1S/C19H19N3O3S2/c1-14-17(26-19(20-14)21-10-5-6-11-21)18(23)22-12-9-16(13-22)27(24,25)15-7-3-2-4-8-15/h2-8,10-11,16H,9,12-13H2,1H3. The van der Waals surface area contributed by atoms with E-state index in [9.17, 15) is 13.2 Å². The lowest BCUT2D eigenvalue weighted by atomic mass is 10.3. The minimum absolute atomic E-state index is 0.144. The number of aromatic nitrogens is 2. The van der Waals surface area contributed by atoms with E-state index < -0.39 is 15.1 Å². The van der Waals surface area contributed by atoms with Gasteiger partial charge in [-0.05, 0) is 37.6 Å². The van der Waals surface area contributed by atoms with Crippen molar-refractivity contribution in [3.8, 4) is 5.13 Å². The topological polar surface area (TPSA) is 72.3 Å². The molecule has 0 radical (unpaired) electrons. The van der Waals surface area contributed by atoms with Crippen molar-refractivity contribution in [1.82, 2.24) is 14.5 Å². The van der Waals surface area contributed by atoms with Crippen LogP contribution in [0.4, 0.5) is 0 Å². The van der Waals surface area contributed by atoms with Gasteiger partial charge in [-0.15, -0.1) is 0 Å². The fourth-order valence-corrected chi connectivity index (χ4v) is 5.98. The van der Waals surface area contributed by atoms with E-state index in [-0.39, 0.29) is 12.5 Å². The molecule has 1 unspecified atom stereocenters. The number of rotatable bonds is 4. The van der Waals surface area contributed by atoms with Gasteiger partial charge in [0, 0.05) is 25.5 Å². The summed E-state index contributed by atoms with van der Waals surface area (Å²) in [5.41, 5.74) is 0.670. The van der Waals surface area contributed by atoms with E-state index in [2.05, 4.69) is 4.98 Å². The van der Waals surface area contributed by atoms with Gasteiger partial charge < -0.3 is 9.47 Å². The first-order valence-electron chi connectivity index (χ1n) is 8.66. The molecule has 1 aliphatic heterocycles. The molecule has 27 heavy (non-hydrogen) atoms. The molecule has 8 heteroatoms. The summed E-state index contributed by atoms with van der Waals surface area (Å²) in [6.07, 6.45) is 4.21. The molecule has 0 aliphatic carbocycles. The Morgan fingerprint density at radius 2 is 1.85 bits per heavy atom. The van der Waals surface area contributed by atoms with Crippen molar-refractivity contribution in [1.29, 1.82) is 0 Å². The summed E-state index contributed by atoms with van der Waals surface area (Å²) >= 11 is 1.33. The van der Waals surface area contributed by atoms with E-state index in [1.807, 2.05) is 36.0 Å². The Labute approximate surface area is 162 Å². The summed E-state index contributed by atoms with van der Waals surface area (Å²) in [5, 5.41) is 0.162. The molecule has 3 aromatic rings. The first-order chi connectivity index (χ1) is 13.0. The highest BCUT2D eigenvalue weighted by atomic mass is 32.2. The van der Waals surface area contributed by atoms with Crippen molar-refractivity contribution in [3.05, 3.63) is 65.4 Å². The number of likely N-dealkylation sites (tertiary alicyclic amines) is 1. The molecule has 0 saturated carbocycles. The van der Waals surface area contributed by atoms with Crippen LogP contribution in [0, 0.1) is 6.92 Å². The summed E-state index contributed by atoms with van der Waals surface area (Å²) < 4.78 is 27.5. The summed E-state index contributed by atoms with van der Waals surface area (Å²) in [6, 6.07) is 12.2. The molecule has 2 aromatic heterocycles. The van der Waals surface area contributed by atoms with E-state index in [1.54, 1.807) is 35.2 Å². The van der Waals surface area contributed by atoms with Crippen LogP contribution in [0.3, 0.4) is 0 Å². The van der Waals surface area contributed by atoms with Crippen molar-refractivity contribution in [2.75, 3.05) is 13.1 Å². The summed E-state index contributed by atoms with van der Waals surface area (Å²) in [5.74, 6) is -0.144. The highest BCUT2D eigenvalue weighted by Gasteiger charge is 2.37. The Morgan fingerprint density at radius 3 is 2.56 bits per heavy atom. The number of aryl methyl sites for hydroxylation is 1. The second-order valence-electron chi connectivity index (χ2n) is 6.52. The highest BCUT2D eigenvalue weighted by Crippen LogP contribution is 2.28. The molecular formula is C19H19N3O3S2. The Balaban J connectivity index is 1.53. The highest BCUT2D eigenvalue weighted by molar-refractivity contribution is 7.92. The molecule has 140 valence electrons. The molecule has 0 N–H and O–H groups in total. The number of hydrogen-bond donors (Lipinski definition) is 0. The van der Waals surface area contributed by atoms with Crippen LogP contribution in [0.5, 0.6) is 0 Å². The van der Waals surface area contributed by atoms with Crippen LogP contribution in [0.15, 0.2) is 59.8 Å². The largest absolute Gasteiger partial charge is 0.337 e. The normalized spacial score (nSPS) is 17.4. The zero-order chi connectivity index (χ0) is 19.0. The molecule has 1 amide bonds. The summed E-state index contributed by atoms with van der Waals surface area (Å²) in [7, 11) is -3.44. The number of thiazole rings is 1. The average Bonchev–Trinajstić information content (AvgIpc) is 3.42. The third-order valence-electron chi connectivity index (χ3n) is 4.75. The quantitative estimate of drug-likeness (QED) is 0.674. The molecule has 1 atom stereocenters. The van der Waals surface area contributed by atoms with Crippen molar-refractivity contribution >= 4 is 27.1 Å². The van der Waals surface area contributed by atoms with E-state index >= 15 is 0 Å². The number of hydrogen-bond acceptors (Lipinski definition) is 5. The Hall–Kier alpha value is -2.45. The van der Waals surface area contributed by atoms with E-state index in [0.717, 1.165) is 5.13 Å². The molecule has 4 rings (SSSR count). The molecular weight excluding hydrogens is 382 g/mol. The maximum atomic E-state index is 13.0. The van der Waals surface area contributed by atoms with Crippen molar-refractivity contribution in [2.24, 2.45) is 0 Å². The van der Waals surface area contributed by atoms with Crippen LogP contribution in [0.25, 0.3) is 5.13 Å². The van der Waals surface area contributed by atoms with Gasteiger partial charge in [0.05, 0.1) is 15.8 Å². The summed E-state index contributed by atoms with van der Waals surface area (Å²) in [6.45, 7) is 2.46. The number of benzene rings is 1. The maximum Gasteiger partial charge on any atom is 0.265 e. The first-order valence-corrected chi connectivity index (χ1v) is 11.0. The average molecular weight is 402 g/mol. The minimum Gasteiger partial charge on any atom is -0.337 e. The number of amides is 1. The zero-order valence-corrected chi connectivity index (χ0v) is 16.4. The molecule has 0 bridgehead atoms. The zero-order valence-electron chi connectivity index (χ0n) is 14.8. The van der Waals surface area contributed by atoms with Gasteiger partial charge in [-0.2, -0.15) is 0 Å². The molecule has 0 spiro atoms. The van der Waals surface area contributed by atoms with E-state index in [4.69, 9.17) is 0 Å². The lowest BCUT2D eigenvalue weighted by molar-refractivity contribution is 0.0797. The van der Waals surface area contributed by atoms with Gasteiger partial charge in [0.25, 0.3) is 5.91 Å². The van der Waals surface area contributed by atoms with Gasteiger partial charge in [0.1, 0.15) is 4.88 Å². The van der Waals surface area contributed by atoms with Crippen LogP contribution in [-0.2, 0) is 9.84 Å². The fourth-order valence-electron chi connectivity index (χ4n) is 3.27. The predicted octanol–water partition coefficient (Wildman–Crippen LogP) is 2.93. The van der Waals surface area contributed by atoms with Crippen LogP contribution >= 0.6 is 11.3 Å². The lowest BCUT2D eigenvalue weighted by Crippen LogP contribution is -2.31. The monoisotopic (exact) mass is 401 g/mol. The number of nitrogens with zero attached hydrogens (tertiary/aromatic N) is 3. The number of sulfone groups is 1. The lowest BCUT2D eigenvalue weighted by Gasteiger charge is -2.16. The van der Waals surface area contributed by atoms with Crippen LogP contribution in [-0.4, -0.2) is 47.1 Å². The molecule has 3 heterocycles. The molecule has 1 saturated heterocycles. The second-order valence-corrected chi connectivity index (χ2v) is 9.73. The third-order valence-corrected chi connectivity index (χ3v) is 8.10. The van der Waals surface area contributed by atoms with Gasteiger partial charge in [-0.25, -0.2) is 13.4 Å². The van der Waals surface area contributed by atoms with Gasteiger partial charge in [-0.1, -0.05) is 29.5 Å². The Bertz CT molecular complexity index is 1060. The molecule has 1 aromatic carbocycles.